The van der Waals surface area contributed by atoms with Crippen LogP contribution in [0.4, 0.5) is 0 Å². The molecule has 324 valence electrons. The maximum Gasteiger partial charge on any atom is 0.307 e. The number of rotatable bonds is 12. The molecule has 8 atom stereocenters. The van der Waals surface area contributed by atoms with Crippen molar-refractivity contribution in [1.82, 2.24) is 9.80 Å². The number of ketones is 1. The van der Waals surface area contributed by atoms with Crippen LogP contribution in [-0.4, -0.2) is 72.7 Å². The number of hydrogen-bond donors (Lipinski definition) is 1. The molecule has 0 radical (unpaired) electrons. The summed E-state index contributed by atoms with van der Waals surface area (Å²) < 4.78 is 6.23. The van der Waals surface area contributed by atoms with Crippen molar-refractivity contribution in [2.24, 2.45) is 56.7 Å². The van der Waals surface area contributed by atoms with Crippen molar-refractivity contribution in [2.45, 2.75) is 152 Å². The van der Waals surface area contributed by atoms with Crippen LogP contribution >= 0.6 is 11.6 Å². The van der Waals surface area contributed by atoms with Gasteiger partial charge in [0.25, 0.3) is 0 Å². The van der Waals surface area contributed by atoms with Gasteiger partial charge in [-0.25, -0.2) is 0 Å². The summed E-state index contributed by atoms with van der Waals surface area (Å²) in [5.74, 6) is 2.25. The van der Waals surface area contributed by atoms with Crippen molar-refractivity contribution in [3.8, 4) is 0 Å². The third-order valence-corrected chi connectivity index (χ3v) is 16.4. The number of fused-ring (bicyclic) bond motifs is 7. The Morgan fingerprint density at radius 3 is 2.24 bits per heavy atom. The van der Waals surface area contributed by atoms with Crippen LogP contribution in [0.3, 0.4) is 0 Å². The fourth-order valence-corrected chi connectivity index (χ4v) is 13.9. The van der Waals surface area contributed by atoms with E-state index >= 15 is 0 Å². The van der Waals surface area contributed by atoms with Crippen LogP contribution in [0.2, 0.25) is 5.02 Å². The van der Waals surface area contributed by atoms with Gasteiger partial charge in [0.05, 0.1) is 6.42 Å². The first-order valence-electron chi connectivity index (χ1n) is 22.1. The fourth-order valence-electron chi connectivity index (χ4n) is 13.7. The highest BCUT2D eigenvalue weighted by atomic mass is 35.5. The zero-order chi connectivity index (χ0) is 43.2. The number of hydrogen-bond acceptors (Lipinski definition) is 7. The highest BCUT2D eigenvalue weighted by Gasteiger charge is 2.66. The second-order valence-electron chi connectivity index (χ2n) is 21.3. The van der Waals surface area contributed by atoms with Gasteiger partial charge in [0.15, 0.2) is 5.78 Å². The van der Waals surface area contributed by atoms with Crippen molar-refractivity contribution < 1.29 is 29.0 Å². The number of aliphatic hydroxyl groups excluding tert-OH is 1. The lowest BCUT2D eigenvalue weighted by atomic mass is 9.36. The molecule has 58 heavy (non-hydrogen) atoms. The summed E-state index contributed by atoms with van der Waals surface area (Å²) in [6.45, 7) is 21.4. The highest BCUT2D eigenvalue weighted by Crippen LogP contribution is 2.73. The molecule has 5 aliphatic rings. The number of aldehydes is 1. The predicted molar refractivity (Wildman–Crippen MR) is 232 cm³/mol. The molecule has 9 heteroatoms. The number of nitrogens with zero attached hydrogens (tertiary/aromatic N) is 2. The van der Waals surface area contributed by atoms with Crippen molar-refractivity contribution in [3.05, 3.63) is 45.5 Å². The normalized spacial score (nSPS) is 32.7. The van der Waals surface area contributed by atoms with Crippen molar-refractivity contribution in [3.63, 3.8) is 0 Å². The molecule has 8 nitrogen and oxygen atoms in total. The average molecular weight is 824 g/mol. The Balaban J connectivity index is 0.00000315. The molecule has 0 saturated heterocycles. The molecule has 8 unspecified atom stereocenters. The van der Waals surface area contributed by atoms with Gasteiger partial charge in [0, 0.05) is 61.4 Å². The Morgan fingerprint density at radius 2 is 1.62 bits per heavy atom. The Kier molecular flexibility index (Phi) is 14.0. The fraction of sp³-hybridized carbons (Fsp3) is 0.755. The van der Waals surface area contributed by atoms with E-state index in [1.165, 1.54) is 5.57 Å². The van der Waals surface area contributed by atoms with Crippen molar-refractivity contribution >= 4 is 35.5 Å². The second-order valence-corrected chi connectivity index (χ2v) is 21.7. The SMILES string of the molecule is CC(=O)N(CCC12CCC3C(CCC4C3(C)CCC3C(C)(C)C(OC(=O)CC(C)(C)C=O)CCC34C)C1=C(C(C)C)C(=O)C2)Cc1ccc(Cl)cc1CN(C)C.CO. The van der Waals surface area contributed by atoms with E-state index in [9.17, 15) is 19.2 Å². The van der Waals surface area contributed by atoms with E-state index in [1.807, 2.05) is 31.1 Å². The molecule has 1 aromatic rings. The average Bonchev–Trinajstić information content (AvgIpc) is 3.44. The number of benzene rings is 1. The highest BCUT2D eigenvalue weighted by molar-refractivity contribution is 6.30. The molecule has 0 aromatic heterocycles. The summed E-state index contributed by atoms with van der Waals surface area (Å²) in [7, 11) is 5.09. The number of carbonyl (C=O) groups excluding carboxylic acids is 4. The van der Waals surface area contributed by atoms with Crippen LogP contribution in [0.15, 0.2) is 29.3 Å². The minimum atomic E-state index is -0.720. The van der Waals surface area contributed by atoms with Gasteiger partial charge >= 0.3 is 5.97 Å². The van der Waals surface area contributed by atoms with E-state index in [1.54, 1.807) is 20.8 Å². The molecular formula is C49H75ClN2O6. The van der Waals surface area contributed by atoms with E-state index in [4.69, 9.17) is 21.4 Å². The summed E-state index contributed by atoms with van der Waals surface area (Å²) in [6, 6.07) is 6.00. The van der Waals surface area contributed by atoms with Gasteiger partial charge in [-0.05, 0) is 141 Å². The molecule has 1 N–H and O–H groups in total. The first-order valence-corrected chi connectivity index (χ1v) is 22.5. The largest absolute Gasteiger partial charge is 0.462 e. The number of carbonyl (C=O) groups is 4. The van der Waals surface area contributed by atoms with E-state index in [2.05, 4.69) is 52.5 Å². The predicted octanol–water partition coefficient (Wildman–Crippen LogP) is 9.87. The number of Topliss-reactive ketones (excluding diaryl/α,β-unsaturated/α-hetero) is 1. The van der Waals surface area contributed by atoms with Gasteiger partial charge < -0.3 is 24.4 Å². The summed E-state index contributed by atoms with van der Waals surface area (Å²) in [5.41, 5.74) is 4.05. The topological polar surface area (TPSA) is 104 Å². The molecule has 6 rings (SSSR count). The number of aliphatic hydroxyl groups is 1. The lowest BCUT2D eigenvalue weighted by molar-refractivity contribution is -0.213. The zero-order valence-corrected chi connectivity index (χ0v) is 38.7. The molecule has 4 saturated carbocycles. The quantitative estimate of drug-likeness (QED) is 0.165. The van der Waals surface area contributed by atoms with Crippen molar-refractivity contribution in [1.29, 1.82) is 0 Å². The van der Waals surface area contributed by atoms with E-state index in [-0.39, 0.29) is 52.0 Å². The summed E-state index contributed by atoms with van der Waals surface area (Å²) in [6.07, 6.45) is 10.8. The maximum atomic E-state index is 14.2. The van der Waals surface area contributed by atoms with Crippen LogP contribution < -0.4 is 0 Å². The minimum Gasteiger partial charge on any atom is -0.462 e. The summed E-state index contributed by atoms with van der Waals surface area (Å²) in [4.78, 5) is 56.2. The molecule has 0 aliphatic heterocycles. The Hall–Kier alpha value is -2.55. The van der Waals surface area contributed by atoms with Crippen molar-refractivity contribution in [2.75, 3.05) is 27.7 Å². The zero-order valence-electron chi connectivity index (χ0n) is 37.9. The lowest BCUT2D eigenvalue weighted by Gasteiger charge is -2.69. The Labute approximate surface area is 355 Å². The standard InChI is InChI=1S/C48H71ClN2O5.CH4O/c1-30(2)42-37(54)25-48(22-23-51(31(3)53)28-32-12-13-34(49)24-33(32)27-50(10)11)21-16-36-35(43(42)48)14-15-39-46(36,8)19-17-38-45(6,7)40(18-20-47(38,39)9)56-41(55)26-44(4,5)29-52;1-2/h12-13,24,29-30,35-36,38-40H,14-23,25-28H2,1-11H3;2H,1H3. The smallest absolute Gasteiger partial charge is 0.307 e. The minimum absolute atomic E-state index is 0.0648. The van der Waals surface area contributed by atoms with Crippen LogP contribution in [-0.2, 0) is 37.0 Å². The lowest BCUT2D eigenvalue weighted by Crippen LogP contribution is -2.63. The summed E-state index contributed by atoms with van der Waals surface area (Å²) in [5, 5.41) is 7.70. The number of esters is 1. The first kappa shape index (κ1) is 46.5. The number of ether oxygens (including phenoxy) is 1. The molecule has 0 heterocycles. The number of allylic oxidation sites excluding steroid dienone is 2. The second kappa shape index (κ2) is 17.4. The van der Waals surface area contributed by atoms with Crippen LogP contribution in [0, 0.1) is 56.7 Å². The first-order chi connectivity index (χ1) is 27.1. The molecule has 5 aliphatic carbocycles. The molecule has 1 aromatic carbocycles. The Bertz CT molecular complexity index is 1750. The maximum absolute atomic E-state index is 14.2. The van der Waals surface area contributed by atoms with E-state index in [0.29, 0.717) is 54.0 Å². The van der Waals surface area contributed by atoms with Gasteiger partial charge in [-0.1, -0.05) is 78.6 Å². The van der Waals surface area contributed by atoms with Gasteiger partial charge in [-0.2, -0.15) is 0 Å². The third-order valence-electron chi connectivity index (χ3n) is 16.2. The van der Waals surface area contributed by atoms with Crippen LogP contribution in [0.5, 0.6) is 0 Å². The van der Waals surface area contributed by atoms with Gasteiger partial charge in [-0.3, -0.25) is 14.4 Å². The Morgan fingerprint density at radius 1 is 0.948 bits per heavy atom. The monoisotopic (exact) mass is 823 g/mol. The molecule has 4 fully saturated rings. The summed E-state index contributed by atoms with van der Waals surface area (Å²) >= 11 is 6.42. The number of amides is 1. The van der Waals surface area contributed by atoms with E-state index in [0.717, 1.165) is 94.4 Å². The molecule has 0 bridgehead atoms. The third kappa shape index (κ3) is 8.64. The van der Waals surface area contributed by atoms with E-state index < -0.39 is 5.41 Å². The van der Waals surface area contributed by atoms with Gasteiger partial charge in [0.2, 0.25) is 5.91 Å². The van der Waals surface area contributed by atoms with Crippen LogP contribution in [0.1, 0.15) is 144 Å². The molecular weight excluding hydrogens is 748 g/mol. The van der Waals surface area contributed by atoms with Gasteiger partial charge in [0.1, 0.15) is 12.4 Å². The molecule has 1 amide bonds. The molecule has 0 spiro atoms. The van der Waals surface area contributed by atoms with Crippen LogP contribution in [0.25, 0.3) is 0 Å². The number of halogens is 1. The van der Waals surface area contributed by atoms with Gasteiger partial charge in [-0.15, -0.1) is 0 Å².